The predicted molar refractivity (Wildman–Crippen MR) is 398 cm³/mol. The lowest BCUT2D eigenvalue weighted by Gasteiger charge is -2.12. The molecule has 14 rings (SSSR count). The minimum Gasteiger partial charge on any atom is -0.457 e. The van der Waals surface area contributed by atoms with Gasteiger partial charge in [-0.05, 0) is 248 Å². The number of ether oxygens (including phenoxy) is 4. The van der Waals surface area contributed by atoms with Gasteiger partial charge in [-0.3, -0.25) is 28.5 Å². The fraction of sp³-hybridized carbons (Fsp3) is 0.0230. The van der Waals surface area contributed by atoms with Crippen molar-refractivity contribution in [3.05, 3.63) is 386 Å². The third-order valence-electron chi connectivity index (χ3n) is 16.8. The minimum absolute atomic E-state index is 0.0499. The van der Waals surface area contributed by atoms with Gasteiger partial charge in [-0.25, -0.2) is 0 Å². The van der Waals surface area contributed by atoms with Crippen molar-refractivity contribution < 1.29 is 55.9 Å². The Labute approximate surface area is 597 Å². The lowest BCUT2D eigenvalue weighted by atomic mass is 9.91. The molecule has 0 saturated heterocycles. The molecule has 0 aliphatic rings. The number of halogens is 2. The molecule has 498 valence electrons. The van der Waals surface area contributed by atoms with Gasteiger partial charge in [0.1, 0.15) is 46.0 Å². The van der Waals surface area contributed by atoms with E-state index in [0.717, 1.165) is 38.7 Å². The summed E-state index contributed by atoms with van der Waals surface area (Å²) in [4.78, 5) is 65.2. The molecule has 15 heteroatoms. The Hall–Kier alpha value is -12.4. The van der Waals surface area contributed by atoms with Crippen molar-refractivity contribution in [2.24, 2.45) is 0 Å². The Morgan fingerprint density at radius 3 is 1.03 bits per heavy atom. The molecule has 0 fully saturated rings. The summed E-state index contributed by atoms with van der Waals surface area (Å²) < 4.78 is 57.6. The van der Waals surface area contributed by atoms with Crippen LogP contribution in [0.4, 0.5) is 0 Å². The van der Waals surface area contributed by atoms with Gasteiger partial charge in [0.2, 0.25) is 0 Å². The summed E-state index contributed by atoms with van der Waals surface area (Å²) in [5.41, 5.74) is 8.10. The van der Waals surface area contributed by atoms with E-state index in [2.05, 4.69) is 0 Å². The molecule has 0 saturated carbocycles. The van der Waals surface area contributed by atoms with Crippen LogP contribution in [0.15, 0.2) is 314 Å². The highest BCUT2D eigenvalue weighted by Crippen LogP contribution is 2.37. The van der Waals surface area contributed by atoms with E-state index in [-0.39, 0.29) is 33.6 Å². The lowest BCUT2D eigenvalue weighted by molar-refractivity contribution is 0.103. The average Bonchev–Trinajstić information content (AvgIpc) is 0.800. The number of ketones is 5. The largest absolute Gasteiger partial charge is 0.457 e. The maximum atomic E-state index is 13.6. The quantitative estimate of drug-likeness (QED) is 0.0565. The third kappa shape index (κ3) is 16.0. The first-order chi connectivity index (χ1) is 49.3. The van der Waals surface area contributed by atoms with Crippen molar-refractivity contribution >= 4 is 83.8 Å². The number of hydrogen-bond acceptors (Lipinski definition) is 11. The SMILES string of the molecule is Cc1ccc(C(=O)c2ccc(Oc3ccc4c(Oc5ccc(C(=O)c6ccc(-c7ccc(C)cc7C(=O)c7cccc(S(=O)(=O)O)c7)cc6)cc5)cccc4c3)cc2)cc1.O=C(c1ccc(Cl)cc1)c1ccc(Oc2ccc3c(Oc4ccc(C(=O)c5ccc(Cl)cc5)cc4)cccc3c2)cc1. The molecule has 0 atom stereocenters. The molecule has 14 aromatic rings. The average molecular weight is 1400 g/mol. The van der Waals surface area contributed by atoms with Gasteiger partial charge < -0.3 is 18.9 Å². The van der Waals surface area contributed by atoms with Gasteiger partial charge >= 0.3 is 0 Å². The van der Waals surface area contributed by atoms with Crippen molar-refractivity contribution in [2.75, 3.05) is 0 Å². The van der Waals surface area contributed by atoms with Gasteiger partial charge in [-0.15, -0.1) is 0 Å². The maximum absolute atomic E-state index is 13.6. The second-order valence-electron chi connectivity index (χ2n) is 23.9. The summed E-state index contributed by atoms with van der Waals surface area (Å²) in [6.07, 6.45) is 0. The molecule has 0 radical (unpaired) electrons. The summed E-state index contributed by atoms with van der Waals surface area (Å²) in [6, 6.07) is 89.8. The van der Waals surface area contributed by atoms with Gasteiger partial charge in [-0.1, -0.05) is 131 Å². The van der Waals surface area contributed by atoms with E-state index >= 15 is 0 Å². The minimum atomic E-state index is -4.49. The molecule has 0 aromatic heterocycles. The molecule has 14 aromatic carbocycles. The molecular formula is C87H58Cl2O12S. The molecule has 0 bridgehead atoms. The zero-order chi connectivity index (χ0) is 71.0. The zero-order valence-electron chi connectivity index (χ0n) is 54.5. The standard InChI is InChI=1S/C51H36O8S.C36H22Cl2O4/c1-32-9-12-35(13-10-32)49(52)37-18-22-41(23-19-37)58-43-26-28-46-39(30-43)5-4-8-48(46)59-42-24-20-38(21-25-42)50(53)36-16-14-34(15-17-36)45-27-11-33(2)29-47(45)51(54)40-6-3-7-44(31-40)60(55,56)57;37-28-12-4-23(5-13-28)35(39)25-8-16-30(17-9-25)41-32-20-21-33-27(22-32)2-1-3-34(33)42-31-18-10-26(11-19-31)36(40)24-6-14-29(38)15-7-24/h3-31H,1-2H3,(H,55,56,57);1-22H. The van der Waals surface area contributed by atoms with E-state index in [0.29, 0.717) is 117 Å². The summed E-state index contributed by atoms with van der Waals surface area (Å²) >= 11 is 11.9. The molecule has 0 unspecified atom stereocenters. The first kappa shape index (κ1) is 68.2. The maximum Gasteiger partial charge on any atom is 0.294 e. The van der Waals surface area contributed by atoms with Crippen LogP contribution in [0.2, 0.25) is 10.0 Å². The Bertz CT molecular complexity index is 5630. The number of carbonyl (C=O) groups is 5. The molecular weight excluding hydrogens is 1340 g/mol. The molecule has 0 aliphatic heterocycles. The molecule has 12 nitrogen and oxygen atoms in total. The monoisotopic (exact) mass is 1400 g/mol. The number of benzene rings is 14. The van der Waals surface area contributed by atoms with Gasteiger partial charge in [0, 0.05) is 76.5 Å². The van der Waals surface area contributed by atoms with Crippen LogP contribution in [0.5, 0.6) is 46.0 Å². The summed E-state index contributed by atoms with van der Waals surface area (Å²) in [7, 11) is -4.49. The molecule has 0 spiro atoms. The van der Waals surface area contributed by atoms with Crippen molar-refractivity contribution in [3.8, 4) is 57.1 Å². The first-order valence-corrected chi connectivity index (χ1v) is 34.3. The van der Waals surface area contributed by atoms with Gasteiger partial charge in [0.15, 0.2) is 28.9 Å². The number of fused-ring (bicyclic) bond motifs is 2. The van der Waals surface area contributed by atoms with Gasteiger partial charge in [0.05, 0.1) is 4.90 Å². The Morgan fingerprint density at radius 1 is 0.304 bits per heavy atom. The van der Waals surface area contributed by atoms with Gasteiger partial charge in [-0.2, -0.15) is 8.42 Å². The highest BCUT2D eigenvalue weighted by Gasteiger charge is 2.21. The second kappa shape index (κ2) is 30.0. The summed E-state index contributed by atoms with van der Waals surface area (Å²) in [5.74, 6) is 4.16. The normalized spacial score (nSPS) is 11.1. The Balaban J connectivity index is 0.000000194. The highest BCUT2D eigenvalue weighted by atomic mass is 35.5. The Kier molecular flexibility index (Phi) is 20.1. The van der Waals surface area contributed by atoms with Crippen LogP contribution in [-0.4, -0.2) is 41.9 Å². The molecule has 0 amide bonds. The number of aryl methyl sites for hydroxylation is 2. The van der Waals surface area contributed by atoms with Crippen molar-refractivity contribution in [3.63, 3.8) is 0 Å². The van der Waals surface area contributed by atoms with Crippen molar-refractivity contribution in [1.29, 1.82) is 0 Å². The van der Waals surface area contributed by atoms with Crippen molar-refractivity contribution in [2.45, 2.75) is 18.7 Å². The highest BCUT2D eigenvalue weighted by molar-refractivity contribution is 7.85. The molecule has 1 N–H and O–H groups in total. The van der Waals surface area contributed by atoms with Crippen LogP contribution in [0.1, 0.15) is 90.7 Å². The molecule has 102 heavy (non-hydrogen) atoms. The van der Waals surface area contributed by atoms with Crippen LogP contribution in [0, 0.1) is 13.8 Å². The van der Waals surface area contributed by atoms with Crippen LogP contribution in [-0.2, 0) is 10.1 Å². The van der Waals surface area contributed by atoms with E-state index in [4.69, 9.17) is 42.1 Å². The van der Waals surface area contributed by atoms with E-state index in [1.807, 2.05) is 123 Å². The number of rotatable bonds is 20. The number of hydrogen-bond donors (Lipinski definition) is 1. The van der Waals surface area contributed by atoms with Crippen LogP contribution in [0.25, 0.3) is 32.7 Å². The van der Waals surface area contributed by atoms with Crippen LogP contribution >= 0.6 is 23.2 Å². The first-order valence-electron chi connectivity index (χ1n) is 32.1. The van der Waals surface area contributed by atoms with E-state index in [9.17, 15) is 36.9 Å². The van der Waals surface area contributed by atoms with Crippen molar-refractivity contribution in [1.82, 2.24) is 0 Å². The third-order valence-corrected chi connectivity index (χ3v) is 18.2. The smallest absolute Gasteiger partial charge is 0.294 e. The van der Waals surface area contributed by atoms with Crippen LogP contribution < -0.4 is 18.9 Å². The van der Waals surface area contributed by atoms with Gasteiger partial charge in [0.25, 0.3) is 10.1 Å². The Morgan fingerprint density at radius 2 is 0.637 bits per heavy atom. The summed E-state index contributed by atoms with van der Waals surface area (Å²) in [5, 5.41) is 4.79. The fourth-order valence-electron chi connectivity index (χ4n) is 11.4. The van der Waals surface area contributed by atoms with Crippen LogP contribution in [0.3, 0.4) is 0 Å². The molecule has 0 heterocycles. The van der Waals surface area contributed by atoms with E-state index in [1.54, 1.807) is 176 Å². The molecule has 0 aliphatic carbocycles. The fourth-order valence-corrected chi connectivity index (χ4v) is 12.2. The number of carbonyl (C=O) groups excluding carboxylic acids is 5. The van der Waals surface area contributed by atoms with E-state index in [1.165, 1.54) is 18.2 Å². The predicted octanol–water partition coefficient (Wildman–Crippen LogP) is 21.8. The summed E-state index contributed by atoms with van der Waals surface area (Å²) in [6.45, 7) is 3.83. The lowest BCUT2D eigenvalue weighted by Crippen LogP contribution is -2.07. The topological polar surface area (TPSA) is 177 Å². The zero-order valence-corrected chi connectivity index (χ0v) is 56.9. The second-order valence-corrected chi connectivity index (χ2v) is 26.2. The van der Waals surface area contributed by atoms with E-state index < -0.39 is 15.9 Å².